The summed E-state index contributed by atoms with van der Waals surface area (Å²) in [4.78, 5) is 0. The van der Waals surface area contributed by atoms with Gasteiger partial charge in [0.05, 0.1) is 0 Å². The molecule has 0 unspecified atom stereocenters. The molecule has 6 N–H and O–H groups in total. The van der Waals surface area contributed by atoms with Gasteiger partial charge in [0, 0.05) is 0 Å². The van der Waals surface area contributed by atoms with Crippen molar-refractivity contribution in [3.63, 3.8) is 0 Å². The second kappa shape index (κ2) is 8.93. The van der Waals surface area contributed by atoms with E-state index in [9.17, 15) is 14.0 Å². The van der Waals surface area contributed by atoms with Gasteiger partial charge in [-0.25, -0.2) is 0 Å². The third-order valence-electron chi connectivity index (χ3n) is 0.0945. The van der Waals surface area contributed by atoms with Crippen molar-refractivity contribution >= 4 is 26.2 Å². The van der Waals surface area contributed by atoms with E-state index >= 15 is 0 Å². The van der Waals surface area contributed by atoms with Gasteiger partial charge in [-0.3, -0.25) is 0 Å². The molecule has 9 heteroatoms. The molecular formula is H6ClO7Pb. The van der Waals surface area contributed by atoms with Crippen molar-refractivity contribution in [2.24, 2.45) is 0 Å². The summed E-state index contributed by atoms with van der Waals surface area (Å²) in [5.74, 6) is 0. The van der Waals surface area contributed by atoms with Gasteiger partial charge in [0.15, 0.2) is 0 Å². The van der Waals surface area contributed by atoms with E-state index in [1.165, 1.54) is 0 Å². The van der Waals surface area contributed by atoms with Crippen molar-refractivity contribution < 1.29 is 42.9 Å². The normalized spacial score (nSPS) is 8.00. The standard InChI is InChI=1S/ClHO4.3H2O.Pb/c2-1(3,4)5;;;;/h(H,2,3,4,5);3*1H2;/q;;;;+1/p-1. The fourth-order valence-electron chi connectivity index (χ4n) is 0. The van der Waals surface area contributed by atoms with Gasteiger partial charge >= 0.3 is 52.7 Å². The zero-order valence-electron chi connectivity index (χ0n) is 4.01. The van der Waals surface area contributed by atoms with Crippen LogP contribution in [-0.2, 0) is 2.24 Å². The Bertz CT molecular complexity index is 38.7. The average molecular weight is 361 g/mol. The Morgan fingerprint density at radius 2 is 1.11 bits per heavy atom. The zero-order chi connectivity index (χ0) is 5.21. The second-order valence-electron chi connectivity index (χ2n) is 0.455. The molecule has 0 saturated heterocycles. The van der Waals surface area contributed by atoms with Gasteiger partial charge in [-0.15, -0.1) is 0 Å². The molecule has 0 aromatic carbocycles. The van der Waals surface area contributed by atoms with Crippen LogP contribution in [0.25, 0.3) is 0 Å². The van der Waals surface area contributed by atoms with Crippen molar-refractivity contribution in [3.05, 3.63) is 0 Å². The summed E-state index contributed by atoms with van der Waals surface area (Å²) in [6.45, 7) is 0. The first-order valence-corrected chi connectivity index (χ1v) is 3.64. The van der Waals surface area contributed by atoms with Gasteiger partial charge in [-0.05, 0) is 0 Å². The van der Waals surface area contributed by atoms with Crippen molar-refractivity contribution in [3.8, 4) is 0 Å². The molecule has 0 rings (SSSR count). The van der Waals surface area contributed by atoms with Gasteiger partial charge in [0.2, 0.25) is 0 Å². The molecule has 59 valence electrons. The van der Waals surface area contributed by atoms with E-state index in [1.807, 2.05) is 0 Å². The van der Waals surface area contributed by atoms with E-state index in [1.54, 1.807) is 0 Å². The molecule has 7 nitrogen and oxygen atoms in total. The van der Waals surface area contributed by atoms with Gasteiger partial charge < -0.3 is 16.4 Å². The molecule has 0 heterocycles. The first-order chi connectivity index (χ1) is 2.56. The molecule has 0 bridgehead atoms. The summed E-state index contributed by atoms with van der Waals surface area (Å²) in [6.07, 6.45) is 0. The Morgan fingerprint density at radius 1 is 1.00 bits per heavy atom. The molecule has 0 saturated carbocycles. The summed E-state index contributed by atoms with van der Waals surface area (Å²) in [7, 11) is -4.12. The van der Waals surface area contributed by atoms with Crippen LogP contribution in [0.1, 0.15) is 0 Å². The van der Waals surface area contributed by atoms with Crippen LogP contribution < -0.4 is 14.0 Å². The van der Waals surface area contributed by atoms with E-state index in [4.69, 9.17) is 0 Å². The molecule has 0 aliphatic heterocycles. The predicted octanol–water partition coefficient (Wildman–Crippen LogP) is -6.49. The summed E-state index contributed by atoms with van der Waals surface area (Å²) >= 11 is -0.0648. The number of halogens is 1. The molecule has 0 fully saturated rings. The van der Waals surface area contributed by atoms with Gasteiger partial charge in [-0.1, -0.05) is 0 Å². The fourth-order valence-corrected chi connectivity index (χ4v) is 0. The van der Waals surface area contributed by atoms with Crippen LogP contribution in [0.4, 0.5) is 0 Å². The van der Waals surface area contributed by atoms with Gasteiger partial charge in [0.1, 0.15) is 0 Å². The first-order valence-electron chi connectivity index (χ1n) is 0.821. The number of rotatable bonds is 1. The summed E-state index contributed by atoms with van der Waals surface area (Å²) < 4.78 is 31.2. The molecule has 9 heavy (non-hydrogen) atoms. The molecule has 3 radical (unpaired) electrons. The molecule has 0 aromatic rings. The topological polar surface area (TPSA) is 173 Å². The first kappa shape index (κ1) is 22.5. The average Bonchev–Trinajstić information content (AvgIpc) is 1.35. The number of hydrogen-bond donors (Lipinski definition) is 0. The molecule has 0 aliphatic rings. The SMILES string of the molecule is O.O.O.[O-][Cl+3]([O-])([O-])[O][Pb]. The maximum atomic E-state index is 9.23. The third-order valence-corrected chi connectivity index (χ3v) is 2.49. The monoisotopic (exact) mass is 361 g/mol. The fraction of sp³-hybridized carbons (Fsp3) is 0. The molecule has 0 aromatic heterocycles. The van der Waals surface area contributed by atoms with Crippen LogP contribution in [0.2, 0.25) is 0 Å². The summed E-state index contributed by atoms with van der Waals surface area (Å²) in [5.41, 5.74) is 0. The molecule has 0 amide bonds. The zero-order valence-corrected chi connectivity index (χ0v) is 8.65. The van der Waals surface area contributed by atoms with Crippen molar-refractivity contribution in [2.45, 2.75) is 0 Å². The van der Waals surface area contributed by atoms with Crippen molar-refractivity contribution in [2.75, 3.05) is 0 Å². The van der Waals surface area contributed by atoms with Gasteiger partial charge in [0.25, 0.3) is 0 Å². The Kier molecular flexibility index (Phi) is 22.3. The van der Waals surface area contributed by atoms with Crippen LogP contribution in [0.5, 0.6) is 0 Å². The Morgan fingerprint density at radius 3 is 1.11 bits per heavy atom. The Hall–Kier alpha value is 0.932. The Labute approximate surface area is 69.2 Å². The number of hydrogen-bond acceptors (Lipinski definition) is 4. The maximum absolute atomic E-state index is 9.23. The van der Waals surface area contributed by atoms with E-state index in [0.717, 1.165) is 0 Å². The van der Waals surface area contributed by atoms with Crippen LogP contribution in [0.3, 0.4) is 0 Å². The van der Waals surface area contributed by atoms with Crippen molar-refractivity contribution in [1.82, 2.24) is 0 Å². The van der Waals surface area contributed by atoms with E-state index in [2.05, 4.69) is 2.24 Å². The summed E-state index contributed by atoms with van der Waals surface area (Å²) in [5, 5.41) is 0. The third kappa shape index (κ3) is 27.8. The Balaban J connectivity index is -0.0000000417. The van der Waals surface area contributed by atoms with Crippen LogP contribution in [0, 0.1) is 10.2 Å². The quantitative estimate of drug-likeness (QED) is 0.423. The molecule has 0 aliphatic carbocycles. The van der Waals surface area contributed by atoms with Crippen LogP contribution >= 0.6 is 0 Å². The minimum absolute atomic E-state index is 0. The second-order valence-corrected chi connectivity index (χ2v) is 3.16. The van der Waals surface area contributed by atoms with Gasteiger partial charge in [-0.2, -0.15) is 0 Å². The predicted molar refractivity (Wildman–Crippen MR) is 17.7 cm³/mol. The van der Waals surface area contributed by atoms with Crippen LogP contribution in [-0.4, -0.2) is 42.6 Å². The molecule has 0 atom stereocenters. The van der Waals surface area contributed by atoms with E-state index in [0.29, 0.717) is 0 Å². The van der Waals surface area contributed by atoms with E-state index < -0.39 is 10.2 Å². The van der Waals surface area contributed by atoms with E-state index in [-0.39, 0.29) is 42.6 Å². The minimum atomic E-state index is -4.12. The van der Waals surface area contributed by atoms with Crippen LogP contribution in [0.15, 0.2) is 0 Å². The summed E-state index contributed by atoms with van der Waals surface area (Å²) in [6, 6.07) is 0. The molecule has 0 spiro atoms. The molecular weight excluding hydrogens is 355 g/mol. The van der Waals surface area contributed by atoms with Crippen molar-refractivity contribution in [1.29, 1.82) is 0 Å².